The van der Waals surface area contributed by atoms with Gasteiger partial charge in [0.15, 0.2) is 5.13 Å². The van der Waals surface area contributed by atoms with Gasteiger partial charge in [-0.1, -0.05) is 35.6 Å². The summed E-state index contributed by atoms with van der Waals surface area (Å²) in [5, 5.41) is 1.29. The van der Waals surface area contributed by atoms with E-state index >= 15 is 0 Å². The first-order valence-corrected chi connectivity index (χ1v) is 10.1. The van der Waals surface area contributed by atoms with Crippen molar-refractivity contribution in [3.8, 4) is 0 Å². The third kappa shape index (κ3) is 4.38. The number of benzene rings is 2. The normalized spacial score (nSPS) is 11.1. The number of para-hydroxylation sites is 1. The molecule has 1 amide bonds. The van der Waals surface area contributed by atoms with E-state index in [1.165, 1.54) is 11.3 Å². The molecule has 0 bridgehead atoms. The molecular weight excluding hydrogens is 422 g/mol. The number of amides is 1. The van der Waals surface area contributed by atoms with Crippen LogP contribution in [0, 0.1) is 6.92 Å². The lowest BCUT2D eigenvalue weighted by atomic mass is 10.1. The molecule has 0 aliphatic carbocycles. The number of hydrogen-bond donors (Lipinski definition) is 0. The fourth-order valence-corrected chi connectivity index (χ4v) is 4.16. The summed E-state index contributed by atoms with van der Waals surface area (Å²) in [6.07, 6.45) is 0. The van der Waals surface area contributed by atoms with Crippen LogP contribution in [0.25, 0.3) is 21.2 Å². The number of carbonyl (C=O) groups is 1. The molecule has 0 spiro atoms. The van der Waals surface area contributed by atoms with Gasteiger partial charge in [0.2, 0.25) is 0 Å². The van der Waals surface area contributed by atoms with Gasteiger partial charge in [-0.25, -0.2) is 9.78 Å². The number of thiazole rings is 1. The summed E-state index contributed by atoms with van der Waals surface area (Å²) >= 11 is 1.45. The van der Waals surface area contributed by atoms with Crippen molar-refractivity contribution in [2.24, 2.45) is 0 Å². The molecule has 0 saturated heterocycles. The van der Waals surface area contributed by atoms with Crippen molar-refractivity contribution >= 4 is 56.0 Å². The second-order valence-corrected chi connectivity index (χ2v) is 8.22. The number of carbonyl (C=O) groups excluding carboxylic acids is 1. The van der Waals surface area contributed by atoms with Gasteiger partial charge in [-0.15, -0.1) is 12.4 Å². The number of anilines is 1. The number of aromatic nitrogens is 1. The largest absolute Gasteiger partial charge is 0.422 e. The molecule has 8 heteroatoms. The summed E-state index contributed by atoms with van der Waals surface area (Å²) in [4.78, 5) is 34.1. The Bertz CT molecular complexity index is 1270. The fourth-order valence-electron chi connectivity index (χ4n) is 3.08. The van der Waals surface area contributed by atoms with E-state index in [0.29, 0.717) is 29.2 Å². The molecule has 2 aromatic carbocycles. The number of rotatable bonds is 5. The molecular formula is C22H22ClN3O3S. The van der Waals surface area contributed by atoms with Crippen LogP contribution in [0.1, 0.15) is 15.9 Å². The van der Waals surface area contributed by atoms with E-state index in [-0.39, 0.29) is 18.0 Å². The molecule has 0 unspecified atom stereocenters. The molecule has 2 heterocycles. The van der Waals surface area contributed by atoms with Gasteiger partial charge in [-0.2, -0.15) is 0 Å². The first-order chi connectivity index (χ1) is 13.9. The number of nitrogens with zero attached hydrogens (tertiary/aromatic N) is 3. The Balaban J connectivity index is 0.00000256. The number of likely N-dealkylation sites (N-methyl/N-ethyl adjacent to an activating group) is 1. The van der Waals surface area contributed by atoms with Crippen LogP contribution in [-0.4, -0.2) is 43.0 Å². The summed E-state index contributed by atoms with van der Waals surface area (Å²) in [7, 11) is 3.88. The Morgan fingerprint density at radius 1 is 1.10 bits per heavy atom. The van der Waals surface area contributed by atoms with E-state index in [1.54, 1.807) is 23.1 Å². The molecule has 2 aromatic heterocycles. The first-order valence-electron chi connectivity index (χ1n) is 9.29. The van der Waals surface area contributed by atoms with E-state index in [2.05, 4.69) is 11.1 Å². The molecule has 0 N–H and O–H groups in total. The molecule has 0 aliphatic heterocycles. The minimum absolute atomic E-state index is 0. The highest BCUT2D eigenvalue weighted by Gasteiger charge is 2.25. The first kappa shape index (κ1) is 22.0. The van der Waals surface area contributed by atoms with Gasteiger partial charge >= 0.3 is 5.63 Å². The van der Waals surface area contributed by atoms with Crippen LogP contribution in [-0.2, 0) is 0 Å². The average molecular weight is 444 g/mol. The second-order valence-electron chi connectivity index (χ2n) is 7.21. The van der Waals surface area contributed by atoms with Crippen molar-refractivity contribution in [2.75, 3.05) is 32.1 Å². The quantitative estimate of drug-likeness (QED) is 0.429. The monoisotopic (exact) mass is 443 g/mol. The van der Waals surface area contributed by atoms with Gasteiger partial charge < -0.3 is 9.32 Å². The number of aryl methyl sites for hydroxylation is 1. The maximum Gasteiger partial charge on any atom is 0.349 e. The van der Waals surface area contributed by atoms with Crippen LogP contribution in [0.15, 0.2) is 57.7 Å². The van der Waals surface area contributed by atoms with Crippen LogP contribution < -0.4 is 10.5 Å². The van der Waals surface area contributed by atoms with E-state index in [9.17, 15) is 9.59 Å². The average Bonchev–Trinajstić information content (AvgIpc) is 3.09. The van der Waals surface area contributed by atoms with Gasteiger partial charge in [0.05, 0.1) is 10.2 Å². The molecule has 30 heavy (non-hydrogen) atoms. The van der Waals surface area contributed by atoms with Crippen molar-refractivity contribution in [3.63, 3.8) is 0 Å². The fraction of sp³-hybridized carbons (Fsp3) is 0.227. The Morgan fingerprint density at radius 3 is 2.63 bits per heavy atom. The summed E-state index contributed by atoms with van der Waals surface area (Å²) in [5.74, 6) is -0.401. The molecule has 4 rings (SSSR count). The predicted octanol–water partition coefficient (Wildman–Crippen LogP) is 4.34. The highest BCUT2D eigenvalue weighted by atomic mass is 35.5. The van der Waals surface area contributed by atoms with Crippen LogP contribution >= 0.6 is 23.7 Å². The molecule has 156 valence electrons. The highest BCUT2D eigenvalue weighted by molar-refractivity contribution is 7.22. The van der Waals surface area contributed by atoms with Gasteiger partial charge in [0.1, 0.15) is 11.1 Å². The molecule has 6 nitrogen and oxygen atoms in total. The van der Waals surface area contributed by atoms with Crippen molar-refractivity contribution < 1.29 is 9.21 Å². The van der Waals surface area contributed by atoms with Crippen molar-refractivity contribution in [2.45, 2.75) is 6.92 Å². The van der Waals surface area contributed by atoms with Crippen molar-refractivity contribution in [1.29, 1.82) is 0 Å². The Kier molecular flexibility index (Phi) is 6.55. The van der Waals surface area contributed by atoms with Gasteiger partial charge in [0.25, 0.3) is 5.91 Å². The molecule has 4 aromatic rings. The van der Waals surface area contributed by atoms with Gasteiger partial charge in [-0.3, -0.25) is 9.69 Å². The van der Waals surface area contributed by atoms with E-state index in [0.717, 1.165) is 15.8 Å². The lowest BCUT2D eigenvalue weighted by molar-refractivity contribution is 0.0982. The molecule has 0 fully saturated rings. The zero-order valence-corrected chi connectivity index (χ0v) is 18.5. The van der Waals surface area contributed by atoms with Crippen LogP contribution in [0.3, 0.4) is 0 Å². The summed E-state index contributed by atoms with van der Waals surface area (Å²) in [6.45, 7) is 3.07. The minimum Gasteiger partial charge on any atom is -0.422 e. The third-order valence-electron chi connectivity index (χ3n) is 4.65. The van der Waals surface area contributed by atoms with Crippen LogP contribution in [0.5, 0.6) is 0 Å². The molecule has 0 saturated carbocycles. The minimum atomic E-state index is -0.638. The lowest BCUT2D eigenvalue weighted by Gasteiger charge is -2.21. The van der Waals surface area contributed by atoms with Crippen molar-refractivity contribution in [1.82, 2.24) is 9.88 Å². The summed E-state index contributed by atoms with van der Waals surface area (Å²) < 4.78 is 6.38. The van der Waals surface area contributed by atoms with E-state index in [1.807, 2.05) is 50.2 Å². The standard InChI is InChI=1S/C22H21N3O3S.ClH/c1-14-8-9-17-19(12-14)29-22(23-17)25(11-10-24(2)3)20(26)16-13-15-6-4-5-7-18(15)28-21(16)27;/h4-9,12-13H,10-11H2,1-3H3;1H. The Hall–Kier alpha value is -2.74. The Morgan fingerprint density at radius 2 is 1.87 bits per heavy atom. The number of hydrogen-bond acceptors (Lipinski definition) is 6. The second kappa shape index (κ2) is 8.95. The number of halogens is 1. The SMILES string of the molecule is Cc1ccc2nc(N(CCN(C)C)C(=O)c3cc4ccccc4oc3=O)sc2c1.Cl. The maximum absolute atomic E-state index is 13.4. The predicted molar refractivity (Wildman–Crippen MR) is 124 cm³/mol. The van der Waals surface area contributed by atoms with Crippen LogP contribution in [0.4, 0.5) is 5.13 Å². The van der Waals surface area contributed by atoms with E-state index in [4.69, 9.17) is 4.42 Å². The van der Waals surface area contributed by atoms with E-state index < -0.39 is 11.5 Å². The summed E-state index contributed by atoms with van der Waals surface area (Å²) in [6, 6.07) is 14.8. The molecule has 0 atom stereocenters. The highest BCUT2D eigenvalue weighted by Crippen LogP contribution is 2.30. The zero-order chi connectivity index (χ0) is 20.5. The third-order valence-corrected chi connectivity index (χ3v) is 5.69. The van der Waals surface area contributed by atoms with Crippen LogP contribution in [0.2, 0.25) is 0 Å². The van der Waals surface area contributed by atoms with Crippen molar-refractivity contribution in [3.05, 3.63) is 70.1 Å². The van der Waals surface area contributed by atoms with Gasteiger partial charge in [-0.05, 0) is 50.8 Å². The van der Waals surface area contributed by atoms with Gasteiger partial charge in [0, 0.05) is 18.5 Å². The smallest absolute Gasteiger partial charge is 0.349 e. The Labute approximate surface area is 184 Å². The zero-order valence-electron chi connectivity index (χ0n) is 16.9. The lowest BCUT2D eigenvalue weighted by Crippen LogP contribution is -2.38. The topological polar surface area (TPSA) is 66.7 Å². The molecule has 0 aliphatic rings. The number of fused-ring (bicyclic) bond motifs is 2. The molecule has 0 radical (unpaired) electrons. The maximum atomic E-state index is 13.4. The summed E-state index contributed by atoms with van der Waals surface area (Å²) in [5.41, 5.74) is 1.81.